The molecule has 0 spiro atoms. The molecule has 0 bridgehead atoms. The van der Waals surface area contributed by atoms with Crippen LogP contribution in [0.15, 0.2) is 78.9 Å². The van der Waals surface area contributed by atoms with E-state index in [4.69, 9.17) is 30.5 Å². The fourth-order valence-corrected chi connectivity index (χ4v) is 5.34. The molecule has 280 valence electrons. The molecule has 1 aromatic heterocycles. The maximum Gasteiger partial charge on any atom is 0.424 e. The third-order valence-corrected chi connectivity index (χ3v) is 8.71. The highest BCUT2D eigenvalue weighted by atomic mass is 35.5. The summed E-state index contributed by atoms with van der Waals surface area (Å²) in [6, 6.07) is 17.6. The Hall–Kier alpha value is -5.41. The molecule has 0 radical (unpaired) electrons. The van der Waals surface area contributed by atoms with E-state index in [1.807, 2.05) is 0 Å². The summed E-state index contributed by atoms with van der Waals surface area (Å²) >= 11 is 5.98. The van der Waals surface area contributed by atoms with Crippen molar-refractivity contribution in [3.05, 3.63) is 112 Å². The number of aromatic nitrogens is 1. The van der Waals surface area contributed by atoms with E-state index in [-0.39, 0.29) is 40.8 Å². The number of carbonyl (C=O) groups is 3. The van der Waals surface area contributed by atoms with Crippen molar-refractivity contribution >= 4 is 29.6 Å². The maximum absolute atomic E-state index is 15.0. The smallest absolute Gasteiger partial charge is 0.424 e. The van der Waals surface area contributed by atoms with Gasteiger partial charge < -0.3 is 34.7 Å². The van der Waals surface area contributed by atoms with Gasteiger partial charge in [0.1, 0.15) is 12.4 Å². The van der Waals surface area contributed by atoms with E-state index in [9.17, 15) is 37.1 Å². The van der Waals surface area contributed by atoms with E-state index >= 15 is 0 Å². The molecule has 2 amide bonds. The van der Waals surface area contributed by atoms with Crippen LogP contribution in [-0.4, -0.2) is 61.1 Å². The molecule has 4 aromatic rings. The van der Waals surface area contributed by atoms with Crippen LogP contribution < -0.4 is 20.1 Å². The van der Waals surface area contributed by atoms with E-state index in [2.05, 4.69) is 15.6 Å². The second-order valence-electron chi connectivity index (χ2n) is 12.3. The number of benzene rings is 3. The lowest BCUT2D eigenvalue weighted by Gasteiger charge is -2.33. The molecule has 0 saturated heterocycles. The van der Waals surface area contributed by atoms with Crippen LogP contribution in [0.5, 0.6) is 11.5 Å². The van der Waals surface area contributed by atoms with Crippen LogP contribution in [-0.2, 0) is 32.0 Å². The standard InChI is InChI=1S/C37H34ClF4N3O8/c1-35(33(47)51-3,45-34(48)52-19-21-7-5-4-6-8-21)24-17-28(22-9-13-27(39)26(38)15-22)44-31(18-24)36(49,37(40,41)42)20-43-32(46)23-10-14-29(30(16-23)50-2)53-25-11-12-25/h4-10,13-18,25,49H,11-12,19-20H2,1-3H3,(H,43,46)(H,45,48). The zero-order valence-corrected chi connectivity index (χ0v) is 29.3. The van der Waals surface area contributed by atoms with Crippen molar-refractivity contribution in [2.24, 2.45) is 0 Å². The second-order valence-corrected chi connectivity index (χ2v) is 12.7. The summed E-state index contributed by atoms with van der Waals surface area (Å²) in [7, 11) is 2.32. The highest BCUT2D eigenvalue weighted by Gasteiger charge is 2.57. The number of amides is 2. The molecular formula is C37H34ClF4N3O8. The van der Waals surface area contributed by atoms with E-state index < -0.39 is 58.4 Å². The summed E-state index contributed by atoms with van der Waals surface area (Å²) in [5, 5.41) is 15.5. The predicted molar refractivity (Wildman–Crippen MR) is 183 cm³/mol. The summed E-state index contributed by atoms with van der Waals surface area (Å²) in [6.07, 6.45) is -4.94. The average molecular weight is 760 g/mol. The van der Waals surface area contributed by atoms with Crippen LogP contribution in [0.3, 0.4) is 0 Å². The fourth-order valence-electron chi connectivity index (χ4n) is 5.16. The van der Waals surface area contributed by atoms with Crippen molar-refractivity contribution in [2.45, 2.75) is 49.8 Å². The van der Waals surface area contributed by atoms with Gasteiger partial charge >= 0.3 is 18.2 Å². The van der Waals surface area contributed by atoms with Crippen molar-refractivity contribution in [1.82, 2.24) is 15.6 Å². The van der Waals surface area contributed by atoms with Gasteiger partial charge in [0, 0.05) is 11.1 Å². The van der Waals surface area contributed by atoms with Crippen LogP contribution in [0.2, 0.25) is 5.02 Å². The number of nitrogens with one attached hydrogen (secondary N) is 2. The van der Waals surface area contributed by atoms with Gasteiger partial charge in [-0.05, 0) is 79.4 Å². The van der Waals surface area contributed by atoms with Crippen LogP contribution in [0.25, 0.3) is 11.3 Å². The Balaban J connectivity index is 1.54. The minimum atomic E-state index is -5.49. The number of aliphatic hydroxyl groups is 1. The summed E-state index contributed by atoms with van der Waals surface area (Å²) in [4.78, 5) is 43.6. The molecular weight excluding hydrogens is 726 g/mol. The molecule has 16 heteroatoms. The Morgan fingerprint density at radius 3 is 2.30 bits per heavy atom. The van der Waals surface area contributed by atoms with Crippen LogP contribution in [0.4, 0.5) is 22.4 Å². The fraction of sp³-hybridized carbons (Fsp3) is 0.297. The first-order valence-corrected chi connectivity index (χ1v) is 16.4. The Morgan fingerprint density at radius 1 is 0.962 bits per heavy atom. The van der Waals surface area contributed by atoms with Gasteiger partial charge in [0.25, 0.3) is 5.91 Å². The number of methoxy groups -OCH3 is 2. The average Bonchev–Trinajstić information content (AvgIpc) is 3.97. The molecule has 1 heterocycles. The number of hydrogen-bond donors (Lipinski definition) is 3. The molecule has 3 aromatic carbocycles. The monoisotopic (exact) mass is 759 g/mol. The second kappa shape index (κ2) is 15.7. The molecule has 53 heavy (non-hydrogen) atoms. The number of nitrogens with zero attached hydrogens (tertiary/aromatic N) is 1. The van der Waals surface area contributed by atoms with Crippen LogP contribution in [0.1, 0.15) is 46.9 Å². The SMILES string of the molecule is COC(=O)C(C)(NC(=O)OCc1ccccc1)c1cc(-c2ccc(F)c(Cl)c2)nc(C(O)(CNC(=O)c2ccc(OC3CC3)c(OC)c2)C(F)(F)F)c1. The molecule has 0 aliphatic heterocycles. The number of rotatable bonds is 13. The van der Waals surface area contributed by atoms with Gasteiger partial charge in [0.15, 0.2) is 17.0 Å². The first-order chi connectivity index (χ1) is 25.1. The lowest BCUT2D eigenvalue weighted by molar-refractivity contribution is -0.265. The van der Waals surface area contributed by atoms with Gasteiger partial charge in [0.05, 0.1) is 43.3 Å². The van der Waals surface area contributed by atoms with Crippen LogP contribution in [0, 0.1) is 5.82 Å². The highest BCUT2D eigenvalue weighted by molar-refractivity contribution is 6.31. The maximum atomic E-state index is 15.0. The number of hydrogen-bond acceptors (Lipinski definition) is 9. The lowest BCUT2D eigenvalue weighted by atomic mass is 9.87. The summed E-state index contributed by atoms with van der Waals surface area (Å²) in [5.74, 6) is -2.47. The number of carbonyl (C=O) groups excluding carboxylic acids is 3. The van der Waals surface area contributed by atoms with Crippen molar-refractivity contribution in [3.8, 4) is 22.8 Å². The predicted octanol–water partition coefficient (Wildman–Crippen LogP) is 6.59. The highest BCUT2D eigenvalue weighted by Crippen LogP contribution is 2.41. The number of pyridine rings is 1. The first kappa shape index (κ1) is 38.8. The van der Waals surface area contributed by atoms with Gasteiger partial charge in [-0.1, -0.05) is 41.9 Å². The first-order valence-electron chi connectivity index (χ1n) is 16.1. The minimum Gasteiger partial charge on any atom is -0.493 e. The van der Waals surface area contributed by atoms with E-state index in [0.29, 0.717) is 11.3 Å². The third kappa shape index (κ3) is 8.80. The lowest BCUT2D eigenvalue weighted by Crippen LogP contribution is -2.53. The zero-order valence-electron chi connectivity index (χ0n) is 28.6. The van der Waals surface area contributed by atoms with E-state index in [0.717, 1.165) is 57.2 Å². The number of ether oxygens (including phenoxy) is 4. The van der Waals surface area contributed by atoms with Crippen molar-refractivity contribution in [1.29, 1.82) is 0 Å². The van der Waals surface area contributed by atoms with Gasteiger partial charge in [-0.25, -0.2) is 19.0 Å². The molecule has 11 nitrogen and oxygen atoms in total. The molecule has 2 unspecified atom stereocenters. The number of esters is 1. The Kier molecular flexibility index (Phi) is 11.5. The Labute approximate surface area is 306 Å². The van der Waals surface area contributed by atoms with E-state index in [1.54, 1.807) is 30.3 Å². The molecule has 1 aliphatic carbocycles. The van der Waals surface area contributed by atoms with Crippen molar-refractivity contribution < 1.29 is 56.0 Å². The molecule has 5 rings (SSSR count). The summed E-state index contributed by atoms with van der Waals surface area (Å²) in [5.41, 5.74) is -7.45. The Morgan fingerprint density at radius 2 is 1.68 bits per heavy atom. The van der Waals surface area contributed by atoms with E-state index in [1.165, 1.54) is 25.3 Å². The summed E-state index contributed by atoms with van der Waals surface area (Å²) in [6.45, 7) is -0.540. The van der Waals surface area contributed by atoms with Gasteiger partial charge in [-0.2, -0.15) is 13.2 Å². The number of alkyl halides is 3. The largest absolute Gasteiger partial charge is 0.493 e. The number of alkyl carbamates (subject to hydrolysis) is 1. The van der Waals surface area contributed by atoms with Gasteiger partial charge in [-0.15, -0.1) is 0 Å². The quantitative estimate of drug-likeness (QED) is 0.102. The Bertz CT molecular complexity index is 2000. The third-order valence-electron chi connectivity index (χ3n) is 8.42. The summed E-state index contributed by atoms with van der Waals surface area (Å²) < 4.78 is 80.3. The normalized spacial score (nSPS) is 15.0. The topological polar surface area (TPSA) is 145 Å². The number of halogens is 5. The minimum absolute atomic E-state index is 0.000585. The molecule has 2 atom stereocenters. The van der Waals surface area contributed by atoms with Crippen molar-refractivity contribution in [3.63, 3.8) is 0 Å². The molecule has 3 N–H and O–H groups in total. The molecule has 1 aliphatic rings. The zero-order chi connectivity index (χ0) is 38.6. The van der Waals surface area contributed by atoms with Gasteiger partial charge in [0.2, 0.25) is 5.60 Å². The molecule has 1 fully saturated rings. The van der Waals surface area contributed by atoms with Crippen molar-refractivity contribution in [2.75, 3.05) is 20.8 Å². The van der Waals surface area contributed by atoms with Gasteiger partial charge in [-0.3, -0.25) is 4.79 Å². The van der Waals surface area contributed by atoms with Crippen LogP contribution >= 0.6 is 11.6 Å². The molecule has 1 saturated carbocycles.